The van der Waals surface area contributed by atoms with E-state index in [0.29, 0.717) is 23.2 Å². The molecule has 168 valence electrons. The van der Waals surface area contributed by atoms with Crippen molar-refractivity contribution in [3.05, 3.63) is 73.9 Å². The Labute approximate surface area is 190 Å². The van der Waals surface area contributed by atoms with E-state index in [0.717, 1.165) is 42.6 Å². The Bertz CT molecular complexity index is 1020. The summed E-state index contributed by atoms with van der Waals surface area (Å²) in [6.45, 7) is 8.10. The molecule has 0 spiro atoms. The molecule has 5 N–H and O–H groups in total. The molecule has 1 aliphatic rings. The third kappa shape index (κ3) is 5.29. The van der Waals surface area contributed by atoms with E-state index in [1.54, 1.807) is 6.08 Å². The van der Waals surface area contributed by atoms with Crippen molar-refractivity contribution in [2.75, 3.05) is 29.6 Å². The molecule has 1 aromatic heterocycles. The van der Waals surface area contributed by atoms with E-state index in [1.807, 2.05) is 32.3 Å². The number of nitrogens with two attached hydrogens (primary N) is 2. The highest BCUT2D eigenvalue weighted by Crippen LogP contribution is 2.34. The number of nitrogen functional groups attached to an aromatic ring is 1. The predicted molar refractivity (Wildman–Crippen MR) is 136 cm³/mol. The lowest BCUT2D eigenvalue weighted by Crippen LogP contribution is -2.40. The number of pyridine rings is 1. The molecule has 0 unspecified atom stereocenters. The second-order valence-corrected chi connectivity index (χ2v) is 7.99. The van der Waals surface area contributed by atoms with Crippen LogP contribution in [-0.4, -0.2) is 31.0 Å². The molecule has 32 heavy (non-hydrogen) atoms. The molecule has 0 bridgehead atoms. The molecule has 0 amide bonds. The third-order valence-corrected chi connectivity index (χ3v) is 5.54. The maximum absolute atomic E-state index is 6.44. The van der Waals surface area contributed by atoms with E-state index in [4.69, 9.17) is 16.5 Å². The van der Waals surface area contributed by atoms with Crippen LogP contribution >= 0.6 is 0 Å². The molecule has 1 aromatic carbocycles. The minimum Gasteiger partial charge on any atom is -0.403 e. The number of anilines is 3. The van der Waals surface area contributed by atoms with E-state index in [-0.39, 0.29) is 6.04 Å². The fourth-order valence-corrected chi connectivity index (χ4v) is 3.91. The molecular weight excluding hydrogens is 398 g/mol. The number of nitrogens with zero attached hydrogens (tertiary/aromatic N) is 4. The number of hydrogen-bond acceptors (Lipinski definition) is 6. The van der Waals surface area contributed by atoms with Gasteiger partial charge in [-0.05, 0) is 43.2 Å². The maximum atomic E-state index is 6.44. The van der Waals surface area contributed by atoms with E-state index >= 15 is 0 Å². The molecule has 0 saturated heterocycles. The minimum absolute atomic E-state index is 0.254. The second kappa shape index (κ2) is 10.5. The lowest BCUT2D eigenvalue weighted by Gasteiger charge is -2.33. The molecule has 1 aliphatic carbocycles. The number of nitrogens with one attached hydrogen (secondary N) is 1. The Kier molecular flexibility index (Phi) is 7.54. The van der Waals surface area contributed by atoms with E-state index in [1.165, 1.54) is 12.4 Å². The number of aromatic nitrogens is 1. The molecule has 7 heteroatoms. The van der Waals surface area contributed by atoms with Crippen molar-refractivity contribution in [2.45, 2.75) is 31.7 Å². The van der Waals surface area contributed by atoms with Crippen LogP contribution in [0.2, 0.25) is 0 Å². The highest BCUT2D eigenvalue weighted by molar-refractivity contribution is 5.94. The van der Waals surface area contributed by atoms with Gasteiger partial charge in [-0.2, -0.15) is 0 Å². The van der Waals surface area contributed by atoms with Crippen LogP contribution in [0.4, 0.5) is 17.2 Å². The van der Waals surface area contributed by atoms with Crippen LogP contribution < -0.4 is 26.6 Å². The Morgan fingerprint density at radius 2 is 1.97 bits per heavy atom. The van der Waals surface area contributed by atoms with E-state index < -0.39 is 0 Å². The van der Waals surface area contributed by atoms with Gasteiger partial charge in [-0.15, -0.1) is 0 Å². The van der Waals surface area contributed by atoms with Crippen LogP contribution in [0.5, 0.6) is 0 Å². The zero-order chi connectivity index (χ0) is 23.1. The van der Waals surface area contributed by atoms with Crippen LogP contribution in [0.1, 0.15) is 25.7 Å². The van der Waals surface area contributed by atoms with Crippen molar-refractivity contribution in [3.8, 4) is 11.3 Å². The zero-order valence-corrected chi connectivity index (χ0v) is 19.0. The van der Waals surface area contributed by atoms with Crippen molar-refractivity contribution >= 4 is 23.0 Å². The number of hydrogen-bond donors (Lipinski definition) is 3. The summed E-state index contributed by atoms with van der Waals surface area (Å²) in [5, 5.41) is 3.24. The smallest absolute Gasteiger partial charge is 0.158 e. The molecule has 1 fully saturated rings. The fourth-order valence-electron chi connectivity index (χ4n) is 3.91. The number of amidine groups is 1. The fraction of sp³-hybridized carbons (Fsp3) is 0.280. The standard InChI is InChI=1S/C25H33N7/c1-5-24(28-16-15-26)29-18(2)32(20-10-6-7-11-20)25-22(27)13-14-23(30-25)19-9-8-12-21(17-19)31(3)4/h5,8-9,12-17,20H,1-2,6-7,10-11,26-27H2,3-4H3,(H,28,29)/b16-15-. The zero-order valence-electron chi connectivity index (χ0n) is 19.0. The summed E-state index contributed by atoms with van der Waals surface area (Å²) in [4.78, 5) is 13.4. The summed E-state index contributed by atoms with van der Waals surface area (Å²) in [6.07, 6.45) is 8.92. The van der Waals surface area contributed by atoms with Gasteiger partial charge in [0.2, 0.25) is 0 Å². The summed E-state index contributed by atoms with van der Waals surface area (Å²) in [5.74, 6) is 1.90. The van der Waals surface area contributed by atoms with Crippen LogP contribution in [0, 0.1) is 0 Å². The molecule has 0 aliphatic heterocycles. The Hall–Kier alpha value is -3.74. The molecule has 2 aromatic rings. The first kappa shape index (κ1) is 22.9. The molecule has 0 radical (unpaired) electrons. The Balaban J connectivity index is 2.01. The first-order valence-corrected chi connectivity index (χ1v) is 10.8. The van der Waals surface area contributed by atoms with Gasteiger partial charge in [-0.1, -0.05) is 38.1 Å². The van der Waals surface area contributed by atoms with Gasteiger partial charge in [-0.3, -0.25) is 0 Å². The van der Waals surface area contributed by atoms with Gasteiger partial charge in [-0.25, -0.2) is 9.98 Å². The molecular formula is C25H33N7. The van der Waals surface area contributed by atoms with Crippen molar-refractivity contribution < 1.29 is 0 Å². The summed E-state index contributed by atoms with van der Waals surface area (Å²) >= 11 is 0. The van der Waals surface area contributed by atoms with Gasteiger partial charge in [0.15, 0.2) is 5.82 Å². The van der Waals surface area contributed by atoms with Crippen LogP contribution in [0.15, 0.2) is 78.8 Å². The van der Waals surface area contributed by atoms with Crippen molar-refractivity contribution in [3.63, 3.8) is 0 Å². The van der Waals surface area contributed by atoms with Crippen LogP contribution in [0.25, 0.3) is 11.3 Å². The highest BCUT2D eigenvalue weighted by Gasteiger charge is 2.28. The van der Waals surface area contributed by atoms with Gasteiger partial charge < -0.3 is 26.6 Å². The number of benzene rings is 1. The minimum atomic E-state index is 0.254. The highest BCUT2D eigenvalue weighted by atomic mass is 15.3. The van der Waals surface area contributed by atoms with E-state index in [2.05, 4.69) is 51.5 Å². The summed E-state index contributed by atoms with van der Waals surface area (Å²) in [5.41, 5.74) is 15.5. The average Bonchev–Trinajstić information content (AvgIpc) is 3.32. The van der Waals surface area contributed by atoms with Crippen LogP contribution in [0.3, 0.4) is 0 Å². The largest absolute Gasteiger partial charge is 0.403 e. The summed E-state index contributed by atoms with van der Waals surface area (Å²) in [7, 11) is 4.05. The van der Waals surface area contributed by atoms with Gasteiger partial charge in [0.05, 0.1) is 11.4 Å². The average molecular weight is 432 g/mol. The van der Waals surface area contributed by atoms with Gasteiger partial charge in [0, 0.05) is 43.8 Å². The van der Waals surface area contributed by atoms with Gasteiger partial charge >= 0.3 is 0 Å². The lowest BCUT2D eigenvalue weighted by molar-refractivity contribution is 0.637. The quantitative estimate of drug-likeness (QED) is 0.428. The Morgan fingerprint density at radius 3 is 2.62 bits per heavy atom. The molecule has 1 heterocycles. The monoisotopic (exact) mass is 431 g/mol. The predicted octanol–water partition coefficient (Wildman–Crippen LogP) is 4.22. The molecule has 0 atom stereocenters. The van der Waals surface area contributed by atoms with Crippen LogP contribution in [-0.2, 0) is 0 Å². The van der Waals surface area contributed by atoms with E-state index in [9.17, 15) is 0 Å². The third-order valence-electron chi connectivity index (χ3n) is 5.54. The lowest BCUT2D eigenvalue weighted by atomic mass is 10.1. The SMILES string of the molecule is C=C/C(=N\C=C/N)NC(=C)N(c1nc(-c2cccc(N(C)C)c2)ccc1N)C1CCCC1. The normalized spacial score (nSPS) is 14.5. The molecule has 7 nitrogen and oxygen atoms in total. The van der Waals surface area contributed by atoms with Crippen molar-refractivity contribution in [2.24, 2.45) is 10.7 Å². The second-order valence-electron chi connectivity index (χ2n) is 7.99. The van der Waals surface area contributed by atoms with Crippen molar-refractivity contribution in [1.82, 2.24) is 10.3 Å². The maximum Gasteiger partial charge on any atom is 0.158 e. The summed E-state index contributed by atoms with van der Waals surface area (Å²) < 4.78 is 0. The first-order valence-electron chi connectivity index (χ1n) is 10.8. The number of aliphatic imine (C=N–C) groups is 1. The molecule has 1 saturated carbocycles. The van der Waals surface area contributed by atoms with Crippen molar-refractivity contribution in [1.29, 1.82) is 0 Å². The molecule has 3 rings (SSSR count). The van der Waals surface area contributed by atoms with Gasteiger partial charge in [0.25, 0.3) is 0 Å². The first-order chi connectivity index (χ1) is 15.4. The Morgan fingerprint density at radius 1 is 1.22 bits per heavy atom. The topological polar surface area (TPSA) is 95.8 Å². The number of rotatable bonds is 8. The summed E-state index contributed by atoms with van der Waals surface area (Å²) in [6, 6.07) is 12.4. The van der Waals surface area contributed by atoms with Gasteiger partial charge in [0.1, 0.15) is 11.7 Å².